The molecule has 3 aromatic rings. The predicted octanol–water partition coefficient (Wildman–Crippen LogP) is 3.16. The van der Waals surface area contributed by atoms with E-state index in [0.29, 0.717) is 17.0 Å². The van der Waals surface area contributed by atoms with Gasteiger partial charge >= 0.3 is 0 Å². The van der Waals surface area contributed by atoms with Crippen LogP contribution in [0.2, 0.25) is 0 Å². The van der Waals surface area contributed by atoms with Crippen LogP contribution in [0, 0.1) is 0 Å². The molecule has 0 radical (unpaired) electrons. The predicted molar refractivity (Wildman–Crippen MR) is 114 cm³/mol. The van der Waals surface area contributed by atoms with Crippen molar-refractivity contribution in [2.75, 3.05) is 5.32 Å². The minimum atomic E-state index is -0.329. The van der Waals surface area contributed by atoms with Gasteiger partial charge in [-0.1, -0.05) is 18.2 Å². The standard InChI is InChI=1S/C23H25N5O2/c29-18-8-6-17(7-9-18)26-22-25-13-15-3-1-5-19(20(15)27-22)21(30)28-23(10-11-23)16-4-2-12-24-14-16/h1-5,12-14,17-18,29H,6-11H2,(H,28,30)(H,25,26,27). The summed E-state index contributed by atoms with van der Waals surface area (Å²) >= 11 is 0. The summed E-state index contributed by atoms with van der Waals surface area (Å²) < 4.78 is 0. The zero-order valence-electron chi connectivity index (χ0n) is 16.7. The van der Waals surface area contributed by atoms with Crippen LogP contribution >= 0.6 is 0 Å². The number of aliphatic hydroxyl groups is 1. The van der Waals surface area contributed by atoms with Crippen LogP contribution in [0.5, 0.6) is 0 Å². The van der Waals surface area contributed by atoms with Gasteiger partial charge in [0.25, 0.3) is 5.91 Å². The van der Waals surface area contributed by atoms with Crippen molar-refractivity contribution in [3.8, 4) is 0 Å². The van der Waals surface area contributed by atoms with Gasteiger partial charge in [-0.15, -0.1) is 0 Å². The van der Waals surface area contributed by atoms with Crippen molar-refractivity contribution in [2.24, 2.45) is 0 Å². The Balaban J connectivity index is 1.39. The smallest absolute Gasteiger partial charge is 0.254 e. The number of carbonyl (C=O) groups excluding carboxylic acids is 1. The number of nitrogens with one attached hydrogen (secondary N) is 2. The number of para-hydroxylation sites is 1. The lowest BCUT2D eigenvalue weighted by molar-refractivity contribution is 0.0932. The van der Waals surface area contributed by atoms with Crippen LogP contribution in [-0.4, -0.2) is 38.1 Å². The van der Waals surface area contributed by atoms with Crippen LogP contribution in [0.1, 0.15) is 54.4 Å². The van der Waals surface area contributed by atoms with Crippen LogP contribution < -0.4 is 10.6 Å². The first-order chi connectivity index (χ1) is 14.6. The van der Waals surface area contributed by atoms with E-state index in [2.05, 4.69) is 25.6 Å². The summed E-state index contributed by atoms with van der Waals surface area (Å²) in [5.41, 5.74) is 1.90. The summed E-state index contributed by atoms with van der Waals surface area (Å²) in [6.07, 6.45) is 10.3. The number of rotatable bonds is 5. The van der Waals surface area contributed by atoms with Gasteiger partial charge in [0.05, 0.1) is 22.7 Å². The van der Waals surface area contributed by atoms with Crippen molar-refractivity contribution < 1.29 is 9.90 Å². The van der Waals surface area contributed by atoms with Crippen molar-refractivity contribution in [1.82, 2.24) is 20.3 Å². The fourth-order valence-corrected chi connectivity index (χ4v) is 4.25. The van der Waals surface area contributed by atoms with E-state index in [9.17, 15) is 9.90 Å². The number of amides is 1. The molecule has 2 heterocycles. The summed E-state index contributed by atoms with van der Waals surface area (Å²) in [4.78, 5) is 26.5. The van der Waals surface area contributed by atoms with Crippen LogP contribution in [0.3, 0.4) is 0 Å². The van der Waals surface area contributed by atoms with Gasteiger partial charge < -0.3 is 15.7 Å². The molecule has 0 saturated heterocycles. The molecule has 30 heavy (non-hydrogen) atoms. The Morgan fingerprint density at radius 1 is 1.07 bits per heavy atom. The van der Waals surface area contributed by atoms with E-state index in [1.54, 1.807) is 12.4 Å². The van der Waals surface area contributed by atoms with Crippen molar-refractivity contribution in [3.63, 3.8) is 0 Å². The normalized spacial score (nSPS) is 22.4. The number of fused-ring (bicyclic) bond motifs is 1. The molecule has 3 N–H and O–H groups in total. The summed E-state index contributed by atoms with van der Waals surface area (Å²) in [7, 11) is 0. The number of aromatic nitrogens is 3. The van der Waals surface area contributed by atoms with E-state index in [0.717, 1.165) is 49.5 Å². The molecule has 2 saturated carbocycles. The number of anilines is 1. The summed E-state index contributed by atoms with van der Waals surface area (Å²) in [6.45, 7) is 0. The minimum Gasteiger partial charge on any atom is -0.393 e. The highest BCUT2D eigenvalue weighted by atomic mass is 16.3. The van der Waals surface area contributed by atoms with Gasteiger partial charge in [0, 0.05) is 30.0 Å². The second kappa shape index (κ2) is 7.65. The molecule has 0 atom stereocenters. The van der Waals surface area contributed by atoms with Crippen molar-refractivity contribution >= 4 is 22.8 Å². The van der Waals surface area contributed by atoms with Gasteiger partial charge in [-0.3, -0.25) is 9.78 Å². The highest BCUT2D eigenvalue weighted by molar-refractivity contribution is 6.06. The summed E-state index contributed by atoms with van der Waals surface area (Å²) in [5.74, 6) is 0.393. The first-order valence-electron chi connectivity index (χ1n) is 10.6. The van der Waals surface area contributed by atoms with E-state index in [-0.39, 0.29) is 23.6 Å². The minimum absolute atomic E-state index is 0.132. The molecule has 2 aliphatic rings. The van der Waals surface area contributed by atoms with Crippen LogP contribution in [0.4, 0.5) is 5.95 Å². The average molecular weight is 403 g/mol. The summed E-state index contributed by atoms with van der Waals surface area (Å²) in [5, 5.41) is 17.1. The Labute approximate surface area is 175 Å². The van der Waals surface area contributed by atoms with Crippen molar-refractivity contribution in [1.29, 1.82) is 0 Å². The maximum absolute atomic E-state index is 13.2. The number of aliphatic hydroxyl groups excluding tert-OH is 1. The lowest BCUT2D eigenvalue weighted by Gasteiger charge is -2.26. The molecule has 1 amide bonds. The molecule has 0 spiro atoms. The van der Waals surface area contributed by atoms with Crippen molar-refractivity contribution in [2.45, 2.75) is 56.2 Å². The molecule has 2 fully saturated rings. The third-order valence-corrected chi connectivity index (χ3v) is 6.20. The highest BCUT2D eigenvalue weighted by Crippen LogP contribution is 2.45. The van der Waals surface area contributed by atoms with Gasteiger partial charge in [0.1, 0.15) is 0 Å². The third kappa shape index (κ3) is 3.73. The molecule has 0 unspecified atom stereocenters. The van der Waals surface area contributed by atoms with Gasteiger partial charge in [0.15, 0.2) is 0 Å². The Kier molecular flexibility index (Phi) is 4.83. The number of pyridine rings is 1. The zero-order chi connectivity index (χ0) is 20.6. The average Bonchev–Trinajstić information content (AvgIpc) is 3.56. The lowest BCUT2D eigenvalue weighted by Crippen LogP contribution is -2.35. The Hall–Kier alpha value is -3.06. The molecule has 1 aromatic carbocycles. The van der Waals surface area contributed by atoms with E-state index in [1.165, 1.54) is 0 Å². The number of hydrogen-bond donors (Lipinski definition) is 3. The molecule has 2 aliphatic carbocycles. The van der Waals surface area contributed by atoms with Gasteiger partial charge in [-0.05, 0) is 56.2 Å². The van der Waals surface area contributed by atoms with E-state index in [1.807, 2.05) is 36.5 Å². The largest absolute Gasteiger partial charge is 0.393 e. The second-order valence-electron chi connectivity index (χ2n) is 8.36. The first-order valence-corrected chi connectivity index (χ1v) is 10.6. The topological polar surface area (TPSA) is 100 Å². The fourth-order valence-electron chi connectivity index (χ4n) is 4.25. The molecule has 0 aliphatic heterocycles. The third-order valence-electron chi connectivity index (χ3n) is 6.20. The van der Waals surface area contributed by atoms with E-state index >= 15 is 0 Å². The maximum atomic E-state index is 13.2. The monoisotopic (exact) mass is 403 g/mol. The van der Waals surface area contributed by atoms with Gasteiger partial charge in [-0.2, -0.15) is 0 Å². The Morgan fingerprint density at radius 2 is 1.90 bits per heavy atom. The zero-order valence-corrected chi connectivity index (χ0v) is 16.7. The Bertz CT molecular complexity index is 1060. The first kappa shape index (κ1) is 18.9. The second-order valence-corrected chi connectivity index (χ2v) is 8.36. The highest BCUT2D eigenvalue weighted by Gasteiger charge is 2.46. The fraction of sp³-hybridized carbons (Fsp3) is 0.391. The van der Waals surface area contributed by atoms with Gasteiger partial charge in [0.2, 0.25) is 5.95 Å². The van der Waals surface area contributed by atoms with Crippen LogP contribution in [-0.2, 0) is 5.54 Å². The summed E-state index contributed by atoms with van der Waals surface area (Å²) in [6, 6.07) is 9.74. The SMILES string of the molecule is O=C(NC1(c2cccnc2)CC1)c1cccc2cnc(NC3CCC(O)CC3)nc12. The Morgan fingerprint density at radius 3 is 2.63 bits per heavy atom. The number of nitrogens with zero attached hydrogens (tertiary/aromatic N) is 3. The van der Waals surface area contributed by atoms with E-state index in [4.69, 9.17) is 0 Å². The molecular weight excluding hydrogens is 378 g/mol. The number of hydrogen-bond acceptors (Lipinski definition) is 6. The van der Waals surface area contributed by atoms with Crippen molar-refractivity contribution in [3.05, 3.63) is 60.0 Å². The molecule has 154 valence electrons. The number of carbonyl (C=O) groups is 1. The molecule has 7 heteroatoms. The van der Waals surface area contributed by atoms with E-state index < -0.39 is 0 Å². The molecule has 2 aromatic heterocycles. The van der Waals surface area contributed by atoms with Gasteiger partial charge in [-0.25, -0.2) is 9.97 Å². The van der Waals surface area contributed by atoms with Crippen LogP contribution in [0.25, 0.3) is 10.9 Å². The number of benzene rings is 1. The maximum Gasteiger partial charge on any atom is 0.254 e. The lowest BCUT2D eigenvalue weighted by atomic mass is 9.93. The molecule has 7 nitrogen and oxygen atoms in total. The molecular formula is C23H25N5O2. The molecule has 5 rings (SSSR count). The quantitative estimate of drug-likeness (QED) is 0.605. The molecule has 0 bridgehead atoms. The van der Waals surface area contributed by atoms with Crippen LogP contribution in [0.15, 0.2) is 48.9 Å².